The van der Waals surface area contributed by atoms with E-state index in [1.807, 2.05) is 24.5 Å². The molecule has 0 aliphatic carbocycles. The van der Waals surface area contributed by atoms with Crippen molar-refractivity contribution < 1.29 is 9.53 Å². The van der Waals surface area contributed by atoms with Gasteiger partial charge in [0.1, 0.15) is 5.75 Å². The molecular weight excluding hydrogens is 236 g/mol. The summed E-state index contributed by atoms with van der Waals surface area (Å²) in [5, 5.41) is 3.76. The van der Waals surface area contributed by atoms with Gasteiger partial charge in [0, 0.05) is 12.6 Å². The van der Waals surface area contributed by atoms with Crippen molar-refractivity contribution in [3.05, 3.63) is 23.8 Å². The van der Waals surface area contributed by atoms with Gasteiger partial charge < -0.3 is 10.1 Å². The van der Waals surface area contributed by atoms with Gasteiger partial charge in [0.25, 0.3) is 5.91 Å². The minimum Gasteiger partial charge on any atom is -0.479 e. The molecule has 0 fully saturated rings. The van der Waals surface area contributed by atoms with E-state index >= 15 is 0 Å². The molecule has 0 radical (unpaired) electrons. The summed E-state index contributed by atoms with van der Waals surface area (Å²) in [7, 11) is 1.75. The summed E-state index contributed by atoms with van der Waals surface area (Å²) in [5.74, 6) is 0.589. The van der Waals surface area contributed by atoms with Crippen molar-refractivity contribution in [2.45, 2.75) is 13.0 Å². The number of nitrogens with zero attached hydrogens (tertiary/aromatic N) is 1. The van der Waals surface area contributed by atoms with Gasteiger partial charge in [-0.1, -0.05) is 0 Å². The molecule has 2 rings (SSSR count). The number of benzene rings is 1. The van der Waals surface area contributed by atoms with Gasteiger partial charge in [-0.15, -0.1) is 11.8 Å². The second-order valence-corrected chi connectivity index (χ2v) is 4.49. The molecule has 1 N–H and O–H groups in total. The zero-order valence-corrected chi connectivity index (χ0v) is 10.8. The van der Waals surface area contributed by atoms with Gasteiger partial charge >= 0.3 is 0 Å². The van der Waals surface area contributed by atoms with Crippen molar-refractivity contribution >= 4 is 28.4 Å². The summed E-state index contributed by atoms with van der Waals surface area (Å²) in [6.45, 7) is 1.73. The van der Waals surface area contributed by atoms with Crippen LogP contribution in [0.15, 0.2) is 23.2 Å². The second-order valence-electron chi connectivity index (χ2n) is 3.69. The van der Waals surface area contributed by atoms with Gasteiger partial charge in [-0.3, -0.25) is 9.79 Å². The zero-order chi connectivity index (χ0) is 12.4. The van der Waals surface area contributed by atoms with Gasteiger partial charge in [0.15, 0.2) is 6.10 Å². The highest BCUT2D eigenvalue weighted by molar-refractivity contribution is 8.13. The van der Waals surface area contributed by atoms with Crippen LogP contribution in [0.25, 0.3) is 0 Å². The lowest BCUT2D eigenvalue weighted by Crippen LogP contribution is -2.34. The van der Waals surface area contributed by atoms with E-state index in [1.54, 1.807) is 25.7 Å². The molecule has 1 aromatic rings. The van der Waals surface area contributed by atoms with E-state index in [0.717, 1.165) is 10.6 Å². The van der Waals surface area contributed by atoms with E-state index in [2.05, 4.69) is 10.3 Å². The molecule has 0 aromatic heterocycles. The van der Waals surface area contributed by atoms with Crippen LogP contribution in [0.5, 0.6) is 5.75 Å². The monoisotopic (exact) mass is 250 g/mol. The number of carbonyl (C=O) groups is 1. The number of nitrogens with one attached hydrogen (secondary N) is 1. The van der Waals surface area contributed by atoms with Crippen molar-refractivity contribution in [1.29, 1.82) is 0 Å². The minimum absolute atomic E-state index is 0.117. The Labute approximate surface area is 104 Å². The van der Waals surface area contributed by atoms with Gasteiger partial charge in [-0.25, -0.2) is 0 Å². The Morgan fingerprint density at radius 2 is 2.29 bits per heavy atom. The van der Waals surface area contributed by atoms with E-state index in [-0.39, 0.29) is 5.91 Å². The molecule has 1 aliphatic rings. The first-order chi connectivity index (χ1) is 8.15. The molecule has 1 aliphatic heterocycles. The van der Waals surface area contributed by atoms with Crippen molar-refractivity contribution in [2.75, 3.05) is 18.6 Å². The molecule has 0 spiro atoms. The fraction of sp³-hybridized carbons (Fsp3) is 0.333. The average molecular weight is 250 g/mol. The molecule has 4 nitrogen and oxygen atoms in total. The number of hydrogen-bond donors (Lipinski definition) is 1. The Morgan fingerprint density at radius 3 is 2.94 bits per heavy atom. The Kier molecular flexibility index (Phi) is 3.38. The molecular formula is C12H14N2O2S. The maximum absolute atomic E-state index is 11.5. The number of amides is 1. The van der Waals surface area contributed by atoms with Crippen LogP contribution >= 0.6 is 11.8 Å². The number of carbonyl (C=O) groups excluding carboxylic acids is 1. The fourth-order valence-corrected chi connectivity index (χ4v) is 2.23. The number of anilines is 1. The molecule has 5 heteroatoms. The normalized spacial score (nSPS) is 19.4. The number of rotatable bonds is 1. The third kappa shape index (κ3) is 2.29. The Balaban J connectivity index is 2.38. The lowest BCUT2D eigenvalue weighted by atomic mass is 10.1. The molecule has 1 aromatic carbocycles. The van der Waals surface area contributed by atoms with E-state index in [4.69, 9.17) is 4.74 Å². The standard InChI is InChI=1S/C12H14N2O2S/c1-7-11(15)14-9-6-8(12(13-2)17-3)4-5-10(9)16-7/h4-7H,1-3H3,(H,14,15). The zero-order valence-electron chi connectivity index (χ0n) is 9.98. The van der Waals surface area contributed by atoms with Crippen molar-refractivity contribution in [2.24, 2.45) is 4.99 Å². The van der Waals surface area contributed by atoms with E-state index in [0.29, 0.717) is 11.4 Å². The Morgan fingerprint density at radius 1 is 1.53 bits per heavy atom. The number of thioether (sulfide) groups is 1. The first kappa shape index (κ1) is 12.0. The highest BCUT2D eigenvalue weighted by Crippen LogP contribution is 2.31. The molecule has 1 amide bonds. The highest BCUT2D eigenvalue weighted by atomic mass is 32.2. The Hall–Kier alpha value is -1.49. The van der Waals surface area contributed by atoms with Gasteiger partial charge in [0.05, 0.1) is 10.7 Å². The molecule has 1 unspecified atom stereocenters. The fourth-order valence-electron chi connectivity index (χ4n) is 1.68. The number of fused-ring (bicyclic) bond motifs is 1. The predicted octanol–water partition coefficient (Wildman–Crippen LogP) is 2.15. The number of ether oxygens (including phenoxy) is 1. The highest BCUT2D eigenvalue weighted by Gasteiger charge is 2.23. The van der Waals surface area contributed by atoms with Crippen LogP contribution in [0.3, 0.4) is 0 Å². The second kappa shape index (κ2) is 4.79. The summed E-state index contributed by atoms with van der Waals surface area (Å²) in [6, 6.07) is 5.70. The maximum Gasteiger partial charge on any atom is 0.265 e. The summed E-state index contributed by atoms with van der Waals surface area (Å²) >= 11 is 1.57. The van der Waals surface area contributed by atoms with Crippen LogP contribution < -0.4 is 10.1 Å². The lowest BCUT2D eigenvalue weighted by molar-refractivity contribution is -0.122. The molecule has 0 saturated heterocycles. The summed E-state index contributed by atoms with van der Waals surface area (Å²) in [5.41, 5.74) is 1.69. The third-order valence-corrected chi connectivity index (χ3v) is 3.36. The summed E-state index contributed by atoms with van der Waals surface area (Å²) < 4.78 is 5.49. The van der Waals surface area contributed by atoms with Gasteiger partial charge in [-0.2, -0.15) is 0 Å². The van der Waals surface area contributed by atoms with Crippen LogP contribution in [-0.4, -0.2) is 30.4 Å². The first-order valence-electron chi connectivity index (χ1n) is 5.28. The topological polar surface area (TPSA) is 50.7 Å². The quantitative estimate of drug-likeness (QED) is 0.613. The SMILES string of the molecule is CN=C(SC)c1ccc2c(c1)NC(=O)C(C)O2. The van der Waals surface area contributed by atoms with Crippen molar-refractivity contribution in [3.63, 3.8) is 0 Å². The van der Waals surface area contributed by atoms with Crippen molar-refractivity contribution in [3.8, 4) is 5.75 Å². The van der Waals surface area contributed by atoms with Crippen LogP contribution in [0.4, 0.5) is 5.69 Å². The predicted molar refractivity (Wildman–Crippen MR) is 71.1 cm³/mol. The number of aliphatic imine (C=N–C) groups is 1. The van der Waals surface area contributed by atoms with Crippen LogP contribution in [-0.2, 0) is 4.79 Å². The molecule has 90 valence electrons. The molecule has 0 saturated carbocycles. The average Bonchev–Trinajstić information content (AvgIpc) is 2.32. The number of hydrogen-bond acceptors (Lipinski definition) is 4. The molecule has 17 heavy (non-hydrogen) atoms. The largest absolute Gasteiger partial charge is 0.479 e. The molecule has 1 heterocycles. The van der Waals surface area contributed by atoms with E-state index in [1.165, 1.54) is 0 Å². The van der Waals surface area contributed by atoms with Crippen LogP contribution in [0.2, 0.25) is 0 Å². The summed E-state index contributed by atoms with van der Waals surface area (Å²) in [4.78, 5) is 15.7. The van der Waals surface area contributed by atoms with E-state index in [9.17, 15) is 4.79 Å². The first-order valence-corrected chi connectivity index (χ1v) is 6.51. The lowest BCUT2D eigenvalue weighted by Gasteiger charge is -2.23. The smallest absolute Gasteiger partial charge is 0.265 e. The van der Waals surface area contributed by atoms with Crippen molar-refractivity contribution in [1.82, 2.24) is 0 Å². The third-order valence-electron chi connectivity index (χ3n) is 2.55. The molecule has 0 bridgehead atoms. The van der Waals surface area contributed by atoms with E-state index < -0.39 is 6.10 Å². The summed E-state index contributed by atoms with van der Waals surface area (Å²) in [6.07, 6.45) is 1.53. The van der Waals surface area contributed by atoms with Gasteiger partial charge in [-0.05, 0) is 31.4 Å². The maximum atomic E-state index is 11.5. The van der Waals surface area contributed by atoms with Crippen LogP contribution in [0, 0.1) is 0 Å². The van der Waals surface area contributed by atoms with Crippen LogP contribution in [0.1, 0.15) is 12.5 Å². The Bertz CT molecular complexity index is 485. The molecule has 1 atom stereocenters. The minimum atomic E-state index is -0.437. The van der Waals surface area contributed by atoms with Gasteiger partial charge in [0.2, 0.25) is 0 Å².